The molecule has 5 heteroatoms. The van der Waals surface area contributed by atoms with Gasteiger partial charge < -0.3 is 4.74 Å². The molecule has 0 saturated heterocycles. The van der Waals surface area contributed by atoms with Crippen molar-refractivity contribution in [2.24, 2.45) is 4.99 Å². The maximum atomic E-state index is 10.9. The third-order valence-electron chi connectivity index (χ3n) is 1.19. The molecule has 0 heterocycles. The van der Waals surface area contributed by atoms with Crippen LogP contribution in [0.3, 0.4) is 0 Å². The summed E-state index contributed by atoms with van der Waals surface area (Å²) >= 11 is 3.06. The van der Waals surface area contributed by atoms with E-state index in [2.05, 4.69) is 9.73 Å². The molecule has 0 fully saturated rings. The molecule has 0 bridgehead atoms. The van der Waals surface area contributed by atoms with E-state index in [1.807, 2.05) is 12.5 Å². The van der Waals surface area contributed by atoms with Gasteiger partial charge in [-0.15, -0.1) is 23.5 Å². The summed E-state index contributed by atoms with van der Waals surface area (Å²) in [5, 5.41) is 0. The van der Waals surface area contributed by atoms with Crippen LogP contribution in [0.25, 0.3) is 0 Å². The Bertz CT molecular complexity index is 176. The molecule has 0 rings (SSSR count). The molecular weight excluding hydrogens is 194 g/mol. The summed E-state index contributed by atoms with van der Waals surface area (Å²) < 4.78 is 5.43. The maximum Gasteiger partial charge on any atom is 0.330 e. The standard InChI is InChI=1S/C7H13NO2S2/c1-5(6(9)10-2)8-7(11-3)12-4/h5H,1-4H3/t5-/m0/s1. The minimum atomic E-state index is -0.398. The molecule has 3 nitrogen and oxygen atoms in total. The molecule has 0 aliphatic heterocycles. The number of ether oxygens (including phenoxy) is 1. The van der Waals surface area contributed by atoms with Crippen LogP contribution in [0.4, 0.5) is 0 Å². The smallest absolute Gasteiger partial charge is 0.330 e. The molecule has 0 radical (unpaired) electrons. The van der Waals surface area contributed by atoms with Gasteiger partial charge in [0.25, 0.3) is 0 Å². The third-order valence-corrected chi connectivity index (χ3v) is 3.10. The molecule has 0 aliphatic rings. The lowest BCUT2D eigenvalue weighted by atomic mass is 10.4. The van der Waals surface area contributed by atoms with Crippen molar-refractivity contribution in [3.63, 3.8) is 0 Å². The molecule has 0 amide bonds. The van der Waals surface area contributed by atoms with Crippen LogP contribution < -0.4 is 0 Å². The lowest BCUT2D eigenvalue weighted by Gasteiger charge is -2.05. The predicted octanol–water partition coefficient (Wildman–Crippen LogP) is 1.63. The molecule has 0 aromatic rings. The minimum Gasteiger partial charge on any atom is -0.467 e. The topological polar surface area (TPSA) is 38.7 Å². The average Bonchev–Trinajstić information content (AvgIpc) is 2.12. The highest BCUT2D eigenvalue weighted by molar-refractivity contribution is 8.38. The molecule has 0 aromatic heterocycles. The normalized spacial score (nSPS) is 12.0. The van der Waals surface area contributed by atoms with Crippen molar-refractivity contribution in [3.8, 4) is 0 Å². The van der Waals surface area contributed by atoms with Gasteiger partial charge in [-0.25, -0.2) is 4.79 Å². The van der Waals surface area contributed by atoms with Crippen LogP contribution in [0.15, 0.2) is 4.99 Å². The molecule has 0 saturated carbocycles. The molecular formula is C7H13NO2S2. The number of rotatable bonds is 2. The summed E-state index contributed by atoms with van der Waals surface area (Å²) in [6, 6.07) is -0.398. The van der Waals surface area contributed by atoms with Gasteiger partial charge in [0.15, 0.2) is 0 Å². The quantitative estimate of drug-likeness (QED) is 0.392. The first kappa shape index (κ1) is 11.8. The Morgan fingerprint density at radius 2 is 1.92 bits per heavy atom. The van der Waals surface area contributed by atoms with Gasteiger partial charge in [0.05, 0.1) is 7.11 Å². The first-order valence-corrected chi connectivity index (χ1v) is 5.84. The number of nitrogens with zero attached hydrogens (tertiary/aromatic N) is 1. The van der Waals surface area contributed by atoms with Crippen LogP contribution in [0.2, 0.25) is 0 Å². The first-order chi connectivity index (χ1) is 5.65. The zero-order valence-corrected chi connectivity index (χ0v) is 9.29. The highest BCUT2D eigenvalue weighted by Crippen LogP contribution is 2.12. The lowest BCUT2D eigenvalue weighted by Crippen LogP contribution is -2.16. The summed E-state index contributed by atoms with van der Waals surface area (Å²) in [6.07, 6.45) is 3.86. The Hall–Kier alpha value is -0.160. The van der Waals surface area contributed by atoms with Gasteiger partial charge in [0.1, 0.15) is 10.4 Å². The van der Waals surface area contributed by atoms with Gasteiger partial charge in [-0.2, -0.15) is 0 Å². The van der Waals surface area contributed by atoms with Crippen LogP contribution in [0, 0.1) is 0 Å². The molecule has 0 aliphatic carbocycles. The number of esters is 1. The Morgan fingerprint density at radius 3 is 2.25 bits per heavy atom. The van der Waals surface area contributed by atoms with E-state index < -0.39 is 6.04 Å². The van der Waals surface area contributed by atoms with Gasteiger partial charge in [-0.3, -0.25) is 4.99 Å². The number of methoxy groups -OCH3 is 1. The van der Waals surface area contributed by atoms with E-state index in [1.165, 1.54) is 30.6 Å². The number of thioether (sulfide) groups is 2. The fourth-order valence-corrected chi connectivity index (χ4v) is 1.76. The number of hydrogen-bond donors (Lipinski definition) is 0. The second-order valence-electron chi connectivity index (χ2n) is 2.00. The van der Waals surface area contributed by atoms with Crippen molar-refractivity contribution < 1.29 is 9.53 Å². The Morgan fingerprint density at radius 1 is 1.42 bits per heavy atom. The highest BCUT2D eigenvalue weighted by atomic mass is 32.2. The predicted molar refractivity (Wildman–Crippen MR) is 55.9 cm³/mol. The zero-order chi connectivity index (χ0) is 9.56. The first-order valence-electron chi connectivity index (χ1n) is 3.39. The van der Waals surface area contributed by atoms with Crippen LogP contribution in [0.1, 0.15) is 6.92 Å². The van der Waals surface area contributed by atoms with Crippen molar-refractivity contribution >= 4 is 33.9 Å². The number of hydrogen-bond acceptors (Lipinski definition) is 5. The summed E-state index contributed by atoms with van der Waals surface area (Å²) in [6.45, 7) is 1.72. The monoisotopic (exact) mass is 207 g/mol. The highest BCUT2D eigenvalue weighted by Gasteiger charge is 2.11. The van der Waals surface area contributed by atoms with Crippen molar-refractivity contribution in [2.75, 3.05) is 19.6 Å². The van der Waals surface area contributed by atoms with E-state index in [-0.39, 0.29) is 5.97 Å². The Kier molecular flexibility index (Phi) is 6.28. The van der Waals surface area contributed by atoms with Crippen molar-refractivity contribution in [1.29, 1.82) is 0 Å². The second-order valence-corrected chi connectivity index (χ2v) is 3.85. The van der Waals surface area contributed by atoms with Crippen LogP contribution >= 0.6 is 23.5 Å². The maximum absolute atomic E-state index is 10.9. The number of carbonyl (C=O) groups is 1. The fourth-order valence-electron chi connectivity index (χ4n) is 0.570. The third kappa shape index (κ3) is 4.01. The van der Waals surface area contributed by atoms with E-state index in [0.717, 1.165) is 4.38 Å². The van der Waals surface area contributed by atoms with Crippen LogP contribution in [-0.2, 0) is 9.53 Å². The fraction of sp³-hybridized carbons (Fsp3) is 0.714. The minimum absolute atomic E-state index is 0.296. The molecule has 0 aromatic carbocycles. The van der Waals surface area contributed by atoms with Gasteiger partial charge >= 0.3 is 5.97 Å². The molecule has 1 atom stereocenters. The second kappa shape index (κ2) is 6.37. The largest absolute Gasteiger partial charge is 0.467 e. The molecule has 0 spiro atoms. The zero-order valence-electron chi connectivity index (χ0n) is 7.66. The summed E-state index contributed by atoms with van der Waals surface area (Å²) in [5.74, 6) is -0.296. The number of aliphatic imine (C=N–C) groups is 1. The van der Waals surface area contributed by atoms with E-state index in [1.54, 1.807) is 6.92 Å². The van der Waals surface area contributed by atoms with Crippen molar-refractivity contribution in [3.05, 3.63) is 0 Å². The molecule has 0 unspecified atom stereocenters. The van der Waals surface area contributed by atoms with E-state index in [0.29, 0.717) is 0 Å². The SMILES string of the molecule is COC(=O)[C@H](C)N=C(SC)SC. The molecule has 12 heavy (non-hydrogen) atoms. The Labute approximate surface area is 81.3 Å². The van der Waals surface area contributed by atoms with E-state index >= 15 is 0 Å². The number of carbonyl (C=O) groups excluding carboxylic acids is 1. The van der Waals surface area contributed by atoms with Crippen molar-refractivity contribution in [1.82, 2.24) is 0 Å². The average molecular weight is 207 g/mol. The van der Waals surface area contributed by atoms with Gasteiger partial charge in [0, 0.05) is 0 Å². The van der Waals surface area contributed by atoms with Crippen molar-refractivity contribution in [2.45, 2.75) is 13.0 Å². The lowest BCUT2D eigenvalue weighted by molar-refractivity contribution is -0.141. The molecule has 70 valence electrons. The van der Waals surface area contributed by atoms with Gasteiger partial charge in [0.2, 0.25) is 0 Å². The summed E-state index contributed by atoms with van der Waals surface area (Å²) in [7, 11) is 1.37. The summed E-state index contributed by atoms with van der Waals surface area (Å²) in [5.41, 5.74) is 0. The van der Waals surface area contributed by atoms with Crippen LogP contribution in [-0.4, -0.2) is 36.0 Å². The van der Waals surface area contributed by atoms with Gasteiger partial charge in [-0.1, -0.05) is 0 Å². The van der Waals surface area contributed by atoms with Gasteiger partial charge in [-0.05, 0) is 19.4 Å². The summed E-state index contributed by atoms with van der Waals surface area (Å²) in [4.78, 5) is 15.1. The van der Waals surface area contributed by atoms with E-state index in [4.69, 9.17) is 0 Å². The van der Waals surface area contributed by atoms with E-state index in [9.17, 15) is 4.79 Å². The molecule has 0 N–H and O–H groups in total. The van der Waals surface area contributed by atoms with Crippen LogP contribution in [0.5, 0.6) is 0 Å². The Balaban J connectivity index is 4.19.